The van der Waals surface area contributed by atoms with Gasteiger partial charge >= 0.3 is 51.4 Å². The second-order valence-electron chi connectivity index (χ2n) is 5.46. The van der Waals surface area contributed by atoms with Crippen LogP contribution in [0.1, 0.15) is 96.8 Å². The minimum absolute atomic E-state index is 0. The van der Waals surface area contributed by atoms with Crippen molar-refractivity contribution in [2.75, 3.05) is 0 Å². The van der Waals surface area contributed by atoms with E-state index < -0.39 is 0 Å². The van der Waals surface area contributed by atoms with E-state index in [1.165, 1.54) is 77.0 Å². The van der Waals surface area contributed by atoms with Crippen LogP contribution in [0.15, 0.2) is 0 Å². The van der Waals surface area contributed by atoms with E-state index in [2.05, 4.69) is 6.92 Å². The molecule has 0 bridgehead atoms. The second kappa shape index (κ2) is 19.1. The molecule has 1 amide bonds. The van der Waals surface area contributed by atoms with Crippen LogP contribution in [0.4, 0.5) is 0 Å². The van der Waals surface area contributed by atoms with Crippen molar-refractivity contribution in [3.8, 4) is 0 Å². The number of carbonyl (C=O) groups excluding carboxylic acids is 1. The standard InChI is InChI=1S/C16H33NO.K.H/c1-2-3-4-5-6-7-8-9-10-11-12-13-14-15-16(17)18;;/h2-15H2,1H3,(H2,17,18);;. The number of unbranched alkanes of at least 4 members (excludes halogenated alkanes) is 12. The van der Waals surface area contributed by atoms with Gasteiger partial charge in [0.05, 0.1) is 0 Å². The number of primary amides is 1. The van der Waals surface area contributed by atoms with Crippen molar-refractivity contribution in [3.63, 3.8) is 0 Å². The Bertz CT molecular complexity index is 186. The van der Waals surface area contributed by atoms with Crippen molar-refractivity contribution in [1.29, 1.82) is 0 Å². The van der Waals surface area contributed by atoms with Gasteiger partial charge in [0.2, 0.25) is 5.91 Å². The maximum atomic E-state index is 10.5. The molecule has 0 saturated heterocycles. The summed E-state index contributed by atoms with van der Waals surface area (Å²) in [7, 11) is 0. The van der Waals surface area contributed by atoms with Crippen molar-refractivity contribution in [2.24, 2.45) is 5.73 Å². The Morgan fingerprint density at radius 2 is 1.00 bits per heavy atom. The molecular weight excluding hydrogens is 261 g/mol. The normalized spacial score (nSPS) is 10.2. The monoisotopic (exact) mass is 295 g/mol. The minimum atomic E-state index is -0.155. The SMILES string of the molecule is CCCCCCCCCCCCCCCC(N)=O.[KH]. The molecule has 0 atom stereocenters. The molecule has 3 heteroatoms. The Kier molecular flexibility index (Phi) is 22.5. The molecule has 0 aromatic rings. The molecule has 0 saturated carbocycles. The second-order valence-corrected chi connectivity index (χ2v) is 5.46. The number of carbonyl (C=O) groups is 1. The van der Waals surface area contributed by atoms with Crippen LogP contribution in [0.2, 0.25) is 0 Å². The third-order valence-corrected chi connectivity index (χ3v) is 3.53. The van der Waals surface area contributed by atoms with E-state index in [9.17, 15) is 4.79 Å². The van der Waals surface area contributed by atoms with Crippen LogP contribution in [0.25, 0.3) is 0 Å². The van der Waals surface area contributed by atoms with Gasteiger partial charge in [-0.1, -0.05) is 84.0 Å². The van der Waals surface area contributed by atoms with Gasteiger partial charge in [0.15, 0.2) is 0 Å². The summed E-state index contributed by atoms with van der Waals surface area (Å²) < 4.78 is 0. The van der Waals surface area contributed by atoms with Crippen LogP contribution < -0.4 is 5.73 Å². The van der Waals surface area contributed by atoms with Crippen molar-refractivity contribution in [1.82, 2.24) is 0 Å². The first-order chi connectivity index (χ1) is 8.77. The van der Waals surface area contributed by atoms with Crippen molar-refractivity contribution in [2.45, 2.75) is 96.8 Å². The van der Waals surface area contributed by atoms with Gasteiger partial charge < -0.3 is 5.73 Å². The van der Waals surface area contributed by atoms with Gasteiger partial charge in [0.25, 0.3) is 0 Å². The zero-order chi connectivity index (χ0) is 13.5. The summed E-state index contributed by atoms with van der Waals surface area (Å²) in [4.78, 5) is 10.5. The average Bonchev–Trinajstić information content (AvgIpc) is 2.34. The molecule has 0 aliphatic heterocycles. The van der Waals surface area contributed by atoms with E-state index in [1.54, 1.807) is 0 Å². The molecular formula is C16H34KNO. The number of nitrogens with two attached hydrogens (primary N) is 1. The van der Waals surface area contributed by atoms with E-state index >= 15 is 0 Å². The van der Waals surface area contributed by atoms with Crippen LogP contribution in [0.3, 0.4) is 0 Å². The number of amides is 1. The van der Waals surface area contributed by atoms with E-state index in [0.717, 1.165) is 6.42 Å². The zero-order valence-corrected chi connectivity index (χ0v) is 12.4. The molecule has 2 nitrogen and oxygen atoms in total. The van der Waals surface area contributed by atoms with Crippen LogP contribution in [-0.2, 0) is 4.79 Å². The van der Waals surface area contributed by atoms with E-state index in [4.69, 9.17) is 5.73 Å². The fourth-order valence-electron chi connectivity index (χ4n) is 2.32. The van der Waals surface area contributed by atoms with Crippen molar-refractivity contribution >= 4 is 57.3 Å². The number of hydrogen-bond acceptors (Lipinski definition) is 1. The molecule has 0 aromatic heterocycles. The molecule has 0 radical (unpaired) electrons. The van der Waals surface area contributed by atoms with Gasteiger partial charge in [-0.05, 0) is 6.42 Å². The van der Waals surface area contributed by atoms with E-state index in [-0.39, 0.29) is 57.3 Å². The van der Waals surface area contributed by atoms with Crippen LogP contribution in [-0.4, -0.2) is 57.3 Å². The number of rotatable bonds is 14. The van der Waals surface area contributed by atoms with Crippen molar-refractivity contribution in [3.05, 3.63) is 0 Å². The van der Waals surface area contributed by atoms with Crippen LogP contribution in [0, 0.1) is 0 Å². The summed E-state index contributed by atoms with van der Waals surface area (Å²) >= 11 is 0. The maximum absolute atomic E-state index is 10.5. The van der Waals surface area contributed by atoms with Crippen molar-refractivity contribution < 1.29 is 4.79 Å². The molecule has 110 valence electrons. The molecule has 0 aromatic carbocycles. The van der Waals surface area contributed by atoms with Gasteiger partial charge in [-0.3, -0.25) is 4.79 Å². The predicted octanol–water partition coefficient (Wildman–Crippen LogP) is 4.30. The Labute approximate surface area is 163 Å². The van der Waals surface area contributed by atoms with Gasteiger partial charge in [0, 0.05) is 6.42 Å². The first-order valence-corrected chi connectivity index (χ1v) is 8.05. The van der Waals surface area contributed by atoms with Gasteiger partial charge in [-0.25, -0.2) is 0 Å². The molecule has 0 fully saturated rings. The Hall–Kier alpha value is 1.11. The topological polar surface area (TPSA) is 43.1 Å². The zero-order valence-electron chi connectivity index (χ0n) is 12.4. The molecule has 0 heterocycles. The summed E-state index contributed by atoms with van der Waals surface area (Å²) in [6.45, 7) is 2.27. The molecule has 19 heavy (non-hydrogen) atoms. The Morgan fingerprint density at radius 3 is 1.32 bits per heavy atom. The summed E-state index contributed by atoms with van der Waals surface area (Å²) in [6, 6.07) is 0. The van der Waals surface area contributed by atoms with Gasteiger partial charge in [-0.2, -0.15) is 0 Å². The fraction of sp³-hybridized carbons (Fsp3) is 0.938. The Balaban J connectivity index is 0. The molecule has 0 aliphatic rings. The first kappa shape index (κ1) is 22.4. The van der Waals surface area contributed by atoms with Crippen LogP contribution >= 0.6 is 0 Å². The third-order valence-electron chi connectivity index (χ3n) is 3.53. The molecule has 0 spiro atoms. The van der Waals surface area contributed by atoms with Gasteiger partial charge in [0.1, 0.15) is 0 Å². The fourth-order valence-corrected chi connectivity index (χ4v) is 2.32. The first-order valence-electron chi connectivity index (χ1n) is 8.05. The Morgan fingerprint density at radius 1 is 0.684 bits per heavy atom. The quantitative estimate of drug-likeness (QED) is 0.377. The summed E-state index contributed by atoms with van der Waals surface area (Å²) in [5, 5.41) is 0. The third kappa shape index (κ3) is 21.6. The van der Waals surface area contributed by atoms with E-state index in [0.29, 0.717) is 6.42 Å². The molecule has 2 N–H and O–H groups in total. The average molecular weight is 296 g/mol. The summed E-state index contributed by atoms with van der Waals surface area (Å²) in [5.74, 6) is -0.155. The predicted molar refractivity (Wildman–Crippen MR) is 86.7 cm³/mol. The summed E-state index contributed by atoms with van der Waals surface area (Å²) in [5.41, 5.74) is 5.09. The van der Waals surface area contributed by atoms with Gasteiger partial charge in [-0.15, -0.1) is 0 Å². The summed E-state index contributed by atoms with van der Waals surface area (Å²) in [6.07, 6.45) is 17.9. The number of hydrogen-bond donors (Lipinski definition) is 1. The van der Waals surface area contributed by atoms with E-state index in [1.807, 2.05) is 0 Å². The van der Waals surface area contributed by atoms with Crippen LogP contribution in [0.5, 0.6) is 0 Å². The molecule has 0 unspecified atom stereocenters. The molecule has 0 rings (SSSR count). The molecule has 0 aliphatic carbocycles.